The predicted molar refractivity (Wildman–Crippen MR) is 89.0 cm³/mol. The molecule has 0 bridgehead atoms. The van der Waals surface area contributed by atoms with Gasteiger partial charge in [0.05, 0.1) is 13.2 Å². The van der Waals surface area contributed by atoms with E-state index in [9.17, 15) is 0 Å². The summed E-state index contributed by atoms with van der Waals surface area (Å²) >= 11 is 6.25. The van der Waals surface area contributed by atoms with Gasteiger partial charge in [-0.3, -0.25) is 0 Å². The maximum Gasteiger partial charge on any atom is 0.140 e. The van der Waals surface area contributed by atoms with Gasteiger partial charge in [0.25, 0.3) is 0 Å². The molecule has 3 nitrogen and oxygen atoms in total. The monoisotopic (exact) mass is 317 g/mol. The van der Waals surface area contributed by atoms with E-state index in [-0.39, 0.29) is 12.1 Å². The Kier molecular flexibility index (Phi) is 4.27. The third kappa shape index (κ3) is 2.79. The van der Waals surface area contributed by atoms with E-state index in [1.54, 1.807) is 7.11 Å². The van der Waals surface area contributed by atoms with Crippen molar-refractivity contribution in [1.29, 1.82) is 0 Å². The molecule has 0 heterocycles. The summed E-state index contributed by atoms with van der Waals surface area (Å²) in [5.41, 5.74) is 2.30. The third-order valence-electron chi connectivity index (χ3n) is 4.17. The largest absolute Gasteiger partial charge is 0.496 e. The number of likely N-dealkylation sites (N-methyl/N-ethyl adjacent to an activating group) is 1. The van der Waals surface area contributed by atoms with E-state index in [1.807, 2.05) is 42.5 Å². The molecule has 0 saturated carbocycles. The van der Waals surface area contributed by atoms with Crippen molar-refractivity contribution in [2.45, 2.75) is 18.6 Å². The van der Waals surface area contributed by atoms with Crippen LogP contribution < -0.4 is 9.47 Å². The number of hydrogen-bond acceptors (Lipinski definition) is 3. The molecule has 1 aliphatic rings. The standard InChI is InChI=1S/C18H20ClNO2/c1-20(2)16-11-14-15(9-12(19)10-17(14)21-3)18(16)22-13-7-5-4-6-8-13/h4-10,16,18H,11H2,1-3H3/t16-,18-/m0/s1. The molecule has 2 atom stereocenters. The smallest absolute Gasteiger partial charge is 0.140 e. The number of ether oxygens (including phenoxy) is 2. The van der Waals surface area contributed by atoms with Crippen LogP contribution in [-0.2, 0) is 6.42 Å². The highest BCUT2D eigenvalue weighted by atomic mass is 35.5. The molecule has 22 heavy (non-hydrogen) atoms. The highest BCUT2D eigenvalue weighted by Gasteiger charge is 2.37. The molecule has 3 rings (SSSR count). The molecule has 0 aromatic heterocycles. The molecular weight excluding hydrogens is 298 g/mol. The summed E-state index contributed by atoms with van der Waals surface area (Å²) < 4.78 is 11.8. The lowest BCUT2D eigenvalue weighted by atomic mass is 10.1. The van der Waals surface area contributed by atoms with Gasteiger partial charge in [0.1, 0.15) is 17.6 Å². The summed E-state index contributed by atoms with van der Waals surface area (Å²) in [6, 6.07) is 14.0. The molecule has 0 radical (unpaired) electrons. The molecule has 116 valence electrons. The van der Waals surface area contributed by atoms with Crippen LogP contribution >= 0.6 is 11.6 Å². The topological polar surface area (TPSA) is 21.7 Å². The van der Waals surface area contributed by atoms with E-state index in [1.165, 1.54) is 5.56 Å². The van der Waals surface area contributed by atoms with Crippen molar-refractivity contribution in [2.24, 2.45) is 0 Å². The molecule has 0 spiro atoms. The average molecular weight is 318 g/mol. The Hall–Kier alpha value is -1.71. The van der Waals surface area contributed by atoms with Crippen LogP contribution in [0.25, 0.3) is 0 Å². The van der Waals surface area contributed by atoms with Gasteiger partial charge < -0.3 is 14.4 Å². The quantitative estimate of drug-likeness (QED) is 0.852. The van der Waals surface area contributed by atoms with Gasteiger partial charge in [-0.1, -0.05) is 29.8 Å². The van der Waals surface area contributed by atoms with Crippen LogP contribution in [0.15, 0.2) is 42.5 Å². The van der Waals surface area contributed by atoms with E-state index in [2.05, 4.69) is 19.0 Å². The number of methoxy groups -OCH3 is 1. The van der Waals surface area contributed by atoms with Crippen molar-refractivity contribution in [1.82, 2.24) is 4.90 Å². The molecular formula is C18H20ClNO2. The summed E-state index contributed by atoms with van der Waals surface area (Å²) in [7, 11) is 5.83. The average Bonchev–Trinajstić information content (AvgIpc) is 2.86. The Balaban J connectivity index is 2.02. The summed E-state index contributed by atoms with van der Waals surface area (Å²) in [5, 5.41) is 0.677. The number of nitrogens with zero attached hydrogens (tertiary/aromatic N) is 1. The summed E-state index contributed by atoms with van der Waals surface area (Å²) in [6.07, 6.45) is 0.834. The normalized spacial score (nSPS) is 20.0. The fourth-order valence-corrected chi connectivity index (χ4v) is 3.27. The fraction of sp³-hybridized carbons (Fsp3) is 0.333. The zero-order valence-corrected chi connectivity index (χ0v) is 13.8. The minimum absolute atomic E-state index is 0.0556. The van der Waals surface area contributed by atoms with Crippen molar-refractivity contribution in [3.8, 4) is 11.5 Å². The number of fused-ring (bicyclic) bond motifs is 1. The van der Waals surface area contributed by atoms with E-state index >= 15 is 0 Å². The SMILES string of the molecule is COc1cc(Cl)cc2c1C[C@H](N(C)C)[C@H]2Oc1ccccc1. The van der Waals surface area contributed by atoms with Gasteiger partial charge in [0.2, 0.25) is 0 Å². The van der Waals surface area contributed by atoms with E-state index in [0.29, 0.717) is 5.02 Å². The van der Waals surface area contributed by atoms with E-state index in [4.69, 9.17) is 21.1 Å². The maximum atomic E-state index is 6.27. The molecule has 4 heteroatoms. The fourth-order valence-electron chi connectivity index (χ4n) is 3.05. The summed E-state index contributed by atoms with van der Waals surface area (Å²) in [6.45, 7) is 0. The lowest BCUT2D eigenvalue weighted by Gasteiger charge is -2.27. The second-order valence-electron chi connectivity index (χ2n) is 5.76. The van der Waals surface area contributed by atoms with Crippen LogP contribution in [0.3, 0.4) is 0 Å². The Bertz CT molecular complexity index is 658. The first-order valence-corrected chi connectivity index (χ1v) is 7.72. The molecule has 0 saturated heterocycles. The first-order chi connectivity index (χ1) is 10.6. The lowest BCUT2D eigenvalue weighted by molar-refractivity contribution is 0.111. The van der Waals surface area contributed by atoms with Crippen molar-refractivity contribution in [2.75, 3.05) is 21.2 Å². The van der Waals surface area contributed by atoms with Crippen LogP contribution in [0.4, 0.5) is 0 Å². The van der Waals surface area contributed by atoms with Crippen LogP contribution in [-0.4, -0.2) is 32.1 Å². The van der Waals surface area contributed by atoms with Gasteiger partial charge in [-0.25, -0.2) is 0 Å². The number of para-hydroxylation sites is 1. The summed E-state index contributed by atoms with van der Waals surface area (Å²) in [4.78, 5) is 2.20. The zero-order valence-electron chi connectivity index (χ0n) is 13.0. The van der Waals surface area contributed by atoms with Crippen molar-refractivity contribution in [3.05, 3.63) is 58.6 Å². The summed E-state index contributed by atoms with van der Waals surface area (Å²) in [5.74, 6) is 1.71. The zero-order chi connectivity index (χ0) is 15.7. The van der Waals surface area contributed by atoms with E-state index in [0.717, 1.165) is 23.5 Å². The minimum Gasteiger partial charge on any atom is -0.496 e. The van der Waals surface area contributed by atoms with Crippen molar-refractivity contribution in [3.63, 3.8) is 0 Å². The minimum atomic E-state index is -0.0556. The first kappa shape index (κ1) is 15.2. The number of benzene rings is 2. The molecule has 2 aromatic carbocycles. The molecule has 0 unspecified atom stereocenters. The Morgan fingerprint density at radius 2 is 1.86 bits per heavy atom. The second-order valence-corrected chi connectivity index (χ2v) is 6.20. The Morgan fingerprint density at radius 3 is 2.50 bits per heavy atom. The van der Waals surface area contributed by atoms with Gasteiger partial charge in [0, 0.05) is 16.1 Å². The first-order valence-electron chi connectivity index (χ1n) is 7.34. The molecule has 0 amide bonds. The third-order valence-corrected chi connectivity index (χ3v) is 4.39. The van der Waals surface area contributed by atoms with Gasteiger partial charge >= 0.3 is 0 Å². The van der Waals surface area contributed by atoms with Crippen molar-refractivity contribution >= 4 is 11.6 Å². The van der Waals surface area contributed by atoms with Crippen LogP contribution in [0.1, 0.15) is 17.2 Å². The van der Waals surface area contributed by atoms with Crippen molar-refractivity contribution < 1.29 is 9.47 Å². The number of hydrogen-bond donors (Lipinski definition) is 0. The Morgan fingerprint density at radius 1 is 1.14 bits per heavy atom. The lowest BCUT2D eigenvalue weighted by Crippen LogP contribution is -2.34. The van der Waals surface area contributed by atoms with E-state index < -0.39 is 0 Å². The highest BCUT2D eigenvalue weighted by molar-refractivity contribution is 6.30. The molecule has 0 aliphatic heterocycles. The molecule has 0 N–H and O–H groups in total. The molecule has 2 aromatic rings. The molecule has 0 fully saturated rings. The van der Waals surface area contributed by atoms with Gasteiger partial charge in [-0.2, -0.15) is 0 Å². The van der Waals surface area contributed by atoms with Gasteiger partial charge in [-0.05, 0) is 44.8 Å². The Labute approximate surface area is 136 Å². The second kappa shape index (κ2) is 6.19. The van der Waals surface area contributed by atoms with Gasteiger partial charge in [-0.15, -0.1) is 0 Å². The van der Waals surface area contributed by atoms with Crippen LogP contribution in [0, 0.1) is 0 Å². The van der Waals surface area contributed by atoms with Crippen LogP contribution in [0.2, 0.25) is 5.02 Å². The van der Waals surface area contributed by atoms with Gasteiger partial charge in [0.15, 0.2) is 0 Å². The van der Waals surface area contributed by atoms with Crippen LogP contribution in [0.5, 0.6) is 11.5 Å². The maximum absolute atomic E-state index is 6.27. The highest BCUT2D eigenvalue weighted by Crippen LogP contribution is 2.43. The number of halogens is 1. The molecule has 1 aliphatic carbocycles. The number of rotatable bonds is 4. The predicted octanol–water partition coefficient (Wildman–Crippen LogP) is 3.96.